The lowest BCUT2D eigenvalue weighted by Gasteiger charge is -2.59. The standard InChI is InChI=1S/C13H16O4.C11H16O4/c14-11-6-12(15)17-13(16-11)9-2-7-1-8(4-9)5-10(13)3-7;12-9-8-10(13)15-11(14-9)6-4-2-1-3-5-7-11/h7-10H,1-6H2;1-8H2. The Kier molecular flexibility index (Phi) is 5.66. The molecular formula is C24H32O8. The molecule has 0 aromatic rings. The Bertz CT molecular complexity index is 730. The molecule has 5 aliphatic carbocycles. The van der Waals surface area contributed by atoms with Crippen molar-refractivity contribution in [3.63, 3.8) is 0 Å². The van der Waals surface area contributed by atoms with Crippen molar-refractivity contribution in [3.8, 4) is 0 Å². The van der Waals surface area contributed by atoms with Gasteiger partial charge in [0.05, 0.1) is 0 Å². The Morgan fingerprint density at radius 1 is 0.531 bits per heavy atom. The molecule has 0 unspecified atom stereocenters. The van der Waals surface area contributed by atoms with Crippen molar-refractivity contribution in [1.82, 2.24) is 0 Å². The molecule has 0 amide bonds. The summed E-state index contributed by atoms with van der Waals surface area (Å²) in [7, 11) is 0. The van der Waals surface area contributed by atoms with Gasteiger partial charge in [0.2, 0.25) is 0 Å². The normalized spacial score (nSPS) is 36.8. The van der Waals surface area contributed by atoms with Gasteiger partial charge in [-0.1, -0.05) is 19.3 Å². The van der Waals surface area contributed by atoms with E-state index in [0.717, 1.165) is 63.2 Å². The first kappa shape index (κ1) is 21.7. The van der Waals surface area contributed by atoms with Crippen LogP contribution in [0, 0.1) is 23.7 Å². The van der Waals surface area contributed by atoms with E-state index in [0.29, 0.717) is 12.8 Å². The van der Waals surface area contributed by atoms with Gasteiger partial charge in [0.1, 0.15) is 12.8 Å². The minimum Gasteiger partial charge on any atom is -0.422 e. The van der Waals surface area contributed by atoms with Crippen LogP contribution in [0.4, 0.5) is 0 Å². The smallest absolute Gasteiger partial charge is 0.320 e. The van der Waals surface area contributed by atoms with E-state index in [4.69, 9.17) is 18.9 Å². The van der Waals surface area contributed by atoms with Crippen LogP contribution >= 0.6 is 0 Å². The SMILES string of the molecule is O=C1CC(=O)OC2(CCCCCCC2)O1.O=C1CC(=O)OC2(O1)C1CC3CC(C1)CC2C3. The molecule has 5 saturated carbocycles. The van der Waals surface area contributed by atoms with E-state index in [1.165, 1.54) is 12.8 Å². The average molecular weight is 449 g/mol. The quantitative estimate of drug-likeness (QED) is 0.409. The van der Waals surface area contributed by atoms with Crippen LogP contribution in [-0.2, 0) is 38.1 Å². The highest BCUT2D eigenvalue weighted by atomic mass is 16.8. The Labute approximate surface area is 187 Å². The third kappa shape index (κ3) is 4.13. The van der Waals surface area contributed by atoms with Gasteiger partial charge >= 0.3 is 23.9 Å². The second-order valence-electron chi connectivity index (χ2n) is 10.5. The number of carbonyl (C=O) groups is 4. The Balaban J connectivity index is 0.000000136. The van der Waals surface area contributed by atoms with E-state index < -0.39 is 35.5 Å². The van der Waals surface area contributed by atoms with Crippen LogP contribution in [0.5, 0.6) is 0 Å². The summed E-state index contributed by atoms with van der Waals surface area (Å²) in [4.78, 5) is 45.5. The lowest BCUT2D eigenvalue weighted by Crippen LogP contribution is -2.63. The number of hydrogen-bond donors (Lipinski definition) is 0. The fourth-order valence-corrected chi connectivity index (χ4v) is 7.02. The topological polar surface area (TPSA) is 105 Å². The van der Waals surface area contributed by atoms with Crippen molar-refractivity contribution < 1.29 is 38.1 Å². The summed E-state index contributed by atoms with van der Waals surface area (Å²) in [6.07, 6.45) is 11.8. The molecule has 8 nitrogen and oxygen atoms in total. The highest BCUT2D eigenvalue weighted by molar-refractivity contribution is 5.93. The summed E-state index contributed by atoms with van der Waals surface area (Å²) >= 11 is 0. The maximum absolute atomic E-state index is 11.5. The van der Waals surface area contributed by atoms with Crippen molar-refractivity contribution >= 4 is 23.9 Å². The minimum atomic E-state index is -0.924. The largest absolute Gasteiger partial charge is 0.422 e. The molecule has 8 heteroatoms. The van der Waals surface area contributed by atoms with E-state index in [1.54, 1.807) is 0 Å². The van der Waals surface area contributed by atoms with Crippen LogP contribution in [0.1, 0.15) is 89.9 Å². The van der Waals surface area contributed by atoms with Crippen LogP contribution < -0.4 is 0 Å². The lowest BCUT2D eigenvalue weighted by molar-refractivity contribution is -0.319. The van der Waals surface area contributed by atoms with Crippen molar-refractivity contribution in [1.29, 1.82) is 0 Å². The molecule has 2 aliphatic heterocycles. The van der Waals surface area contributed by atoms with Gasteiger partial charge in [-0.2, -0.15) is 0 Å². The highest BCUT2D eigenvalue weighted by Gasteiger charge is 2.63. The maximum Gasteiger partial charge on any atom is 0.320 e. The van der Waals surface area contributed by atoms with Crippen molar-refractivity contribution in [2.45, 2.75) is 101 Å². The Hall–Kier alpha value is -2.12. The van der Waals surface area contributed by atoms with E-state index in [2.05, 4.69) is 0 Å². The van der Waals surface area contributed by atoms with Crippen LogP contribution in [0.2, 0.25) is 0 Å². The summed E-state index contributed by atoms with van der Waals surface area (Å²) in [5.74, 6) is -1.42. The summed E-state index contributed by atoms with van der Waals surface area (Å²) in [6, 6.07) is 0. The molecule has 0 atom stereocenters. The zero-order chi connectivity index (χ0) is 22.3. The average Bonchev–Trinajstić information content (AvgIpc) is 2.68. The number of rotatable bonds is 0. The molecule has 2 spiro atoms. The lowest BCUT2D eigenvalue weighted by atomic mass is 9.53. The summed E-state index contributed by atoms with van der Waals surface area (Å²) in [5.41, 5.74) is 0. The monoisotopic (exact) mass is 448 g/mol. The molecule has 176 valence electrons. The Morgan fingerprint density at radius 3 is 1.41 bits per heavy atom. The molecule has 2 saturated heterocycles. The molecule has 4 bridgehead atoms. The highest BCUT2D eigenvalue weighted by Crippen LogP contribution is 2.60. The van der Waals surface area contributed by atoms with Gasteiger partial charge < -0.3 is 18.9 Å². The molecule has 7 fully saturated rings. The molecule has 7 rings (SSSR count). The van der Waals surface area contributed by atoms with Gasteiger partial charge in [0.15, 0.2) is 0 Å². The third-order valence-corrected chi connectivity index (χ3v) is 8.12. The zero-order valence-corrected chi connectivity index (χ0v) is 18.5. The number of hydrogen-bond acceptors (Lipinski definition) is 8. The van der Waals surface area contributed by atoms with Gasteiger partial charge in [0, 0.05) is 24.7 Å². The van der Waals surface area contributed by atoms with Gasteiger partial charge in [-0.25, -0.2) is 0 Å². The second kappa shape index (κ2) is 8.34. The van der Waals surface area contributed by atoms with E-state index in [9.17, 15) is 19.2 Å². The van der Waals surface area contributed by atoms with Gasteiger partial charge in [-0.15, -0.1) is 0 Å². The van der Waals surface area contributed by atoms with Crippen molar-refractivity contribution in [2.75, 3.05) is 0 Å². The first-order valence-electron chi connectivity index (χ1n) is 12.2. The summed E-state index contributed by atoms with van der Waals surface area (Å²) in [5, 5.41) is 0. The summed E-state index contributed by atoms with van der Waals surface area (Å²) < 4.78 is 21.6. The molecule has 32 heavy (non-hydrogen) atoms. The minimum absolute atomic E-state index is 0.214. The van der Waals surface area contributed by atoms with Crippen LogP contribution in [0.3, 0.4) is 0 Å². The van der Waals surface area contributed by atoms with Crippen molar-refractivity contribution in [3.05, 3.63) is 0 Å². The third-order valence-electron chi connectivity index (χ3n) is 8.12. The summed E-state index contributed by atoms with van der Waals surface area (Å²) in [6.45, 7) is 0. The molecule has 0 aromatic carbocycles. The molecule has 0 N–H and O–H groups in total. The van der Waals surface area contributed by atoms with E-state index in [1.807, 2.05) is 0 Å². The second-order valence-corrected chi connectivity index (χ2v) is 10.5. The number of carbonyl (C=O) groups excluding carboxylic acids is 4. The Morgan fingerprint density at radius 2 is 0.938 bits per heavy atom. The molecule has 7 aliphatic rings. The van der Waals surface area contributed by atoms with Gasteiger partial charge in [-0.3, -0.25) is 19.2 Å². The van der Waals surface area contributed by atoms with E-state index in [-0.39, 0.29) is 24.7 Å². The van der Waals surface area contributed by atoms with Gasteiger partial charge in [-0.05, 0) is 56.8 Å². The van der Waals surface area contributed by atoms with Crippen molar-refractivity contribution in [2.24, 2.45) is 23.7 Å². The zero-order valence-electron chi connectivity index (χ0n) is 18.5. The number of ether oxygens (including phenoxy) is 4. The van der Waals surface area contributed by atoms with Crippen LogP contribution in [0.15, 0.2) is 0 Å². The first-order chi connectivity index (χ1) is 15.4. The molecule has 2 heterocycles. The molecule has 0 radical (unpaired) electrons. The van der Waals surface area contributed by atoms with Gasteiger partial charge in [0.25, 0.3) is 11.6 Å². The predicted octanol–water partition coefficient (Wildman–Crippen LogP) is 3.55. The van der Waals surface area contributed by atoms with Crippen LogP contribution in [0.25, 0.3) is 0 Å². The molecule has 0 aromatic heterocycles. The fraction of sp³-hybridized carbons (Fsp3) is 0.833. The van der Waals surface area contributed by atoms with Crippen LogP contribution in [-0.4, -0.2) is 35.5 Å². The fourth-order valence-electron chi connectivity index (χ4n) is 7.02. The van der Waals surface area contributed by atoms with E-state index >= 15 is 0 Å². The number of esters is 4. The predicted molar refractivity (Wildman–Crippen MR) is 108 cm³/mol. The maximum atomic E-state index is 11.5. The molecular weight excluding hydrogens is 416 g/mol. The first-order valence-corrected chi connectivity index (χ1v) is 12.2.